The maximum atomic E-state index is 6.47. The SMILES string of the molecule is CCOC(C(N)Cc1ccnc2ccccc12)C(C)(C)C. The third-order valence-corrected chi connectivity index (χ3v) is 3.78. The molecule has 3 nitrogen and oxygen atoms in total. The van der Waals surface area contributed by atoms with E-state index in [9.17, 15) is 0 Å². The molecule has 2 N–H and O–H groups in total. The van der Waals surface area contributed by atoms with Crippen molar-refractivity contribution in [2.45, 2.75) is 46.3 Å². The quantitative estimate of drug-likeness (QED) is 0.914. The van der Waals surface area contributed by atoms with Crippen LogP contribution in [0.5, 0.6) is 0 Å². The molecule has 21 heavy (non-hydrogen) atoms. The first-order valence-corrected chi connectivity index (χ1v) is 7.63. The number of ether oxygens (including phenoxy) is 1. The second kappa shape index (κ2) is 6.54. The molecule has 2 unspecified atom stereocenters. The Balaban J connectivity index is 2.26. The molecule has 1 aromatic heterocycles. The zero-order valence-corrected chi connectivity index (χ0v) is 13.5. The fraction of sp³-hybridized carbons (Fsp3) is 0.500. The molecule has 0 aliphatic heterocycles. The molecule has 2 aromatic rings. The Hall–Kier alpha value is -1.45. The first-order chi connectivity index (χ1) is 9.93. The Morgan fingerprint density at radius 1 is 1.19 bits per heavy atom. The Morgan fingerprint density at radius 2 is 1.90 bits per heavy atom. The highest BCUT2D eigenvalue weighted by atomic mass is 16.5. The molecule has 0 bridgehead atoms. The van der Waals surface area contributed by atoms with Gasteiger partial charge in [0.1, 0.15) is 0 Å². The maximum absolute atomic E-state index is 6.47. The van der Waals surface area contributed by atoms with Gasteiger partial charge in [-0.1, -0.05) is 39.0 Å². The average molecular weight is 286 g/mol. The second-order valence-corrected chi connectivity index (χ2v) is 6.60. The van der Waals surface area contributed by atoms with Crippen molar-refractivity contribution in [3.63, 3.8) is 0 Å². The lowest BCUT2D eigenvalue weighted by atomic mass is 9.82. The van der Waals surface area contributed by atoms with Gasteiger partial charge in [0.2, 0.25) is 0 Å². The first kappa shape index (κ1) is 15.9. The van der Waals surface area contributed by atoms with Gasteiger partial charge in [-0.05, 0) is 36.5 Å². The predicted molar refractivity (Wildman–Crippen MR) is 88.3 cm³/mol. The van der Waals surface area contributed by atoms with Crippen molar-refractivity contribution in [2.75, 3.05) is 6.61 Å². The first-order valence-electron chi connectivity index (χ1n) is 7.63. The Morgan fingerprint density at radius 3 is 2.57 bits per heavy atom. The van der Waals surface area contributed by atoms with Gasteiger partial charge in [0, 0.05) is 24.2 Å². The van der Waals surface area contributed by atoms with E-state index in [4.69, 9.17) is 10.5 Å². The van der Waals surface area contributed by atoms with Crippen LogP contribution >= 0.6 is 0 Å². The fourth-order valence-corrected chi connectivity index (χ4v) is 2.89. The van der Waals surface area contributed by atoms with Gasteiger partial charge in [-0.3, -0.25) is 4.98 Å². The number of benzene rings is 1. The number of aromatic nitrogens is 1. The lowest BCUT2D eigenvalue weighted by Crippen LogP contribution is -2.46. The number of nitrogens with two attached hydrogens (primary N) is 1. The molecule has 0 spiro atoms. The molecular formula is C18H26N2O. The van der Waals surface area contributed by atoms with Crippen LogP contribution < -0.4 is 5.73 Å². The topological polar surface area (TPSA) is 48.1 Å². The van der Waals surface area contributed by atoms with E-state index >= 15 is 0 Å². The highest BCUT2D eigenvalue weighted by Crippen LogP contribution is 2.27. The number of hydrogen-bond acceptors (Lipinski definition) is 3. The van der Waals surface area contributed by atoms with E-state index in [0.29, 0.717) is 6.61 Å². The molecule has 2 rings (SSSR count). The summed E-state index contributed by atoms with van der Waals surface area (Å²) in [6.45, 7) is 9.24. The highest BCUT2D eigenvalue weighted by molar-refractivity contribution is 5.81. The lowest BCUT2D eigenvalue weighted by Gasteiger charge is -2.35. The number of para-hydroxylation sites is 1. The van der Waals surface area contributed by atoms with Crippen LogP contribution in [0.1, 0.15) is 33.3 Å². The summed E-state index contributed by atoms with van der Waals surface area (Å²) in [6.07, 6.45) is 2.69. The molecule has 0 amide bonds. The molecule has 3 heteroatoms. The standard InChI is InChI=1S/C18H26N2O/c1-5-21-17(18(2,3)4)15(19)12-13-10-11-20-16-9-7-6-8-14(13)16/h6-11,15,17H,5,12,19H2,1-4H3. The molecule has 0 radical (unpaired) electrons. The summed E-state index contributed by atoms with van der Waals surface area (Å²) in [5, 5.41) is 1.18. The molecule has 0 aliphatic rings. The summed E-state index contributed by atoms with van der Waals surface area (Å²) in [6, 6.07) is 10.2. The Bertz CT molecular complexity index is 584. The summed E-state index contributed by atoms with van der Waals surface area (Å²) in [7, 11) is 0. The summed E-state index contributed by atoms with van der Waals surface area (Å²) < 4.78 is 5.91. The minimum Gasteiger partial charge on any atom is -0.376 e. The van der Waals surface area contributed by atoms with Crippen LogP contribution in [-0.4, -0.2) is 23.7 Å². The van der Waals surface area contributed by atoms with E-state index < -0.39 is 0 Å². The number of hydrogen-bond donors (Lipinski definition) is 1. The van der Waals surface area contributed by atoms with Gasteiger partial charge in [-0.25, -0.2) is 0 Å². The van der Waals surface area contributed by atoms with E-state index in [1.807, 2.05) is 31.3 Å². The number of fused-ring (bicyclic) bond motifs is 1. The molecule has 0 fully saturated rings. The van der Waals surface area contributed by atoms with E-state index in [2.05, 4.69) is 37.9 Å². The van der Waals surface area contributed by atoms with Crippen molar-refractivity contribution >= 4 is 10.9 Å². The van der Waals surface area contributed by atoms with E-state index in [0.717, 1.165) is 11.9 Å². The van der Waals surface area contributed by atoms with Gasteiger partial charge in [-0.15, -0.1) is 0 Å². The molecule has 0 saturated heterocycles. The van der Waals surface area contributed by atoms with Crippen molar-refractivity contribution in [3.05, 3.63) is 42.1 Å². The molecule has 1 heterocycles. The van der Waals surface area contributed by atoms with Gasteiger partial charge in [-0.2, -0.15) is 0 Å². The summed E-state index contributed by atoms with van der Waals surface area (Å²) >= 11 is 0. The van der Waals surface area contributed by atoms with Gasteiger partial charge in [0.05, 0.1) is 11.6 Å². The molecule has 2 atom stereocenters. The number of rotatable bonds is 5. The van der Waals surface area contributed by atoms with Crippen LogP contribution in [0, 0.1) is 5.41 Å². The zero-order chi connectivity index (χ0) is 15.5. The van der Waals surface area contributed by atoms with Crippen LogP contribution in [0.2, 0.25) is 0 Å². The molecule has 0 saturated carbocycles. The van der Waals surface area contributed by atoms with Crippen molar-refractivity contribution in [2.24, 2.45) is 11.1 Å². The smallest absolute Gasteiger partial charge is 0.0777 e. The number of nitrogens with zero attached hydrogens (tertiary/aromatic N) is 1. The van der Waals surface area contributed by atoms with Gasteiger partial charge < -0.3 is 10.5 Å². The summed E-state index contributed by atoms with van der Waals surface area (Å²) in [5.74, 6) is 0. The van der Waals surface area contributed by atoms with Crippen LogP contribution in [0.15, 0.2) is 36.5 Å². The molecule has 1 aromatic carbocycles. The largest absolute Gasteiger partial charge is 0.376 e. The van der Waals surface area contributed by atoms with E-state index in [-0.39, 0.29) is 17.6 Å². The third kappa shape index (κ3) is 3.80. The highest BCUT2D eigenvalue weighted by Gasteiger charge is 2.31. The van der Waals surface area contributed by atoms with Crippen molar-refractivity contribution in [1.82, 2.24) is 4.98 Å². The number of pyridine rings is 1. The summed E-state index contributed by atoms with van der Waals surface area (Å²) in [5.41, 5.74) is 8.75. The van der Waals surface area contributed by atoms with Gasteiger partial charge in [0.15, 0.2) is 0 Å². The van der Waals surface area contributed by atoms with Gasteiger partial charge in [0.25, 0.3) is 0 Å². The Kier molecular flexibility index (Phi) is 4.96. The van der Waals surface area contributed by atoms with E-state index in [1.165, 1.54) is 10.9 Å². The lowest BCUT2D eigenvalue weighted by molar-refractivity contribution is -0.0273. The van der Waals surface area contributed by atoms with Crippen molar-refractivity contribution < 1.29 is 4.74 Å². The molecule has 0 aliphatic carbocycles. The van der Waals surface area contributed by atoms with Crippen LogP contribution in [0.4, 0.5) is 0 Å². The maximum Gasteiger partial charge on any atom is 0.0777 e. The molecule has 114 valence electrons. The monoisotopic (exact) mass is 286 g/mol. The normalized spacial score (nSPS) is 15.1. The Labute approximate surface area is 127 Å². The third-order valence-electron chi connectivity index (χ3n) is 3.78. The summed E-state index contributed by atoms with van der Waals surface area (Å²) in [4.78, 5) is 4.41. The van der Waals surface area contributed by atoms with E-state index in [1.54, 1.807) is 0 Å². The minimum absolute atomic E-state index is 0.0261. The zero-order valence-electron chi connectivity index (χ0n) is 13.5. The van der Waals surface area contributed by atoms with Gasteiger partial charge >= 0.3 is 0 Å². The average Bonchev–Trinajstić information content (AvgIpc) is 2.44. The molecular weight excluding hydrogens is 260 g/mol. The second-order valence-electron chi connectivity index (χ2n) is 6.60. The van der Waals surface area contributed by atoms with Crippen LogP contribution in [0.25, 0.3) is 10.9 Å². The minimum atomic E-state index is -0.0317. The van der Waals surface area contributed by atoms with Crippen LogP contribution in [-0.2, 0) is 11.2 Å². The van der Waals surface area contributed by atoms with Crippen LogP contribution in [0.3, 0.4) is 0 Å². The fourth-order valence-electron chi connectivity index (χ4n) is 2.89. The van der Waals surface area contributed by atoms with Crippen molar-refractivity contribution in [3.8, 4) is 0 Å². The van der Waals surface area contributed by atoms with Crippen molar-refractivity contribution in [1.29, 1.82) is 0 Å². The predicted octanol–water partition coefficient (Wildman–Crippen LogP) is 3.56.